The molecule has 0 aliphatic carbocycles. The molecule has 0 unspecified atom stereocenters. The van der Waals surface area contributed by atoms with Crippen LogP contribution in [0.5, 0.6) is 0 Å². The van der Waals surface area contributed by atoms with Gasteiger partial charge in [-0.1, -0.05) is 35.4 Å². The lowest BCUT2D eigenvalue weighted by molar-refractivity contribution is 0.0910. The maximum Gasteiger partial charge on any atom is 0.273 e. The minimum absolute atomic E-state index is 0.161. The topological polar surface area (TPSA) is 63.1 Å². The molecule has 2 aliphatic heterocycles. The quantitative estimate of drug-likeness (QED) is 0.927. The summed E-state index contributed by atoms with van der Waals surface area (Å²) in [5.41, 5.74) is 1.04. The van der Waals surface area contributed by atoms with E-state index < -0.39 is 0 Å². The van der Waals surface area contributed by atoms with E-state index in [0.717, 1.165) is 25.9 Å². The average Bonchev–Trinajstić information content (AvgIpc) is 3.23. The first-order chi connectivity index (χ1) is 11.7. The molecular weight excluding hydrogens is 326 g/mol. The summed E-state index contributed by atoms with van der Waals surface area (Å²) in [7, 11) is 0. The number of carbonyl (C=O) groups is 1. The fourth-order valence-electron chi connectivity index (χ4n) is 3.78. The van der Waals surface area contributed by atoms with E-state index >= 15 is 0 Å². The van der Waals surface area contributed by atoms with Crippen LogP contribution < -0.4 is 5.32 Å². The number of piperidine rings is 1. The van der Waals surface area contributed by atoms with E-state index in [9.17, 15) is 4.79 Å². The Kier molecular flexibility index (Phi) is 4.24. The molecule has 0 radical (unpaired) electrons. The minimum Gasteiger partial charge on any atom is -0.346 e. The molecule has 1 amide bonds. The van der Waals surface area contributed by atoms with Crippen LogP contribution in [0.4, 0.5) is 0 Å². The van der Waals surface area contributed by atoms with E-state index in [4.69, 9.17) is 11.6 Å². The lowest BCUT2D eigenvalue weighted by Gasteiger charge is -2.32. The Bertz CT molecular complexity index is 746. The molecule has 2 saturated heterocycles. The standard InChI is InChI=1S/C17H20ClN5O/c18-12-5-1-2-6-15(12)23-11-14(20-21-23)17(24)19-13-8-10-22-9-4-3-7-16(13)22/h1-2,5-6,11,13,16H,3-4,7-10H2,(H,19,24)/t13-,16-/m1/s1. The first kappa shape index (κ1) is 15.6. The normalized spacial score (nSPS) is 23.9. The number of nitrogens with zero attached hydrogens (tertiary/aromatic N) is 4. The van der Waals surface area contributed by atoms with Crippen molar-refractivity contribution in [2.75, 3.05) is 13.1 Å². The summed E-state index contributed by atoms with van der Waals surface area (Å²) in [6.07, 6.45) is 6.32. The van der Waals surface area contributed by atoms with Gasteiger partial charge in [0.15, 0.2) is 5.69 Å². The number of hydrogen-bond donors (Lipinski definition) is 1. The van der Waals surface area contributed by atoms with Crippen molar-refractivity contribution < 1.29 is 4.79 Å². The van der Waals surface area contributed by atoms with Crippen LogP contribution in [0.3, 0.4) is 0 Å². The second-order valence-electron chi connectivity index (χ2n) is 6.47. The van der Waals surface area contributed by atoms with Crippen LogP contribution >= 0.6 is 11.6 Å². The molecule has 1 aromatic carbocycles. The molecule has 126 valence electrons. The van der Waals surface area contributed by atoms with E-state index in [-0.39, 0.29) is 11.9 Å². The van der Waals surface area contributed by atoms with Gasteiger partial charge >= 0.3 is 0 Å². The van der Waals surface area contributed by atoms with Gasteiger partial charge in [-0.3, -0.25) is 9.69 Å². The molecule has 1 N–H and O–H groups in total. The predicted molar refractivity (Wildman–Crippen MR) is 91.5 cm³/mol. The summed E-state index contributed by atoms with van der Waals surface area (Å²) in [5, 5.41) is 11.8. The zero-order valence-corrected chi connectivity index (χ0v) is 14.1. The smallest absolute Gasteiger partial charge is 0.273 e. The molecule has 0 saturated carbocycles. The van der Waals surface area contributed by atoms with Gasteiger partial charge in [0.25, 0.3) is 5.91 Å². The van der Waals surface area contributed by atoms with Crippen LogP contribution in [0.2, 0.25) is 5.02 Å². The number of para-hydroxylation sites is 1. The fraction of sp³-hybridized carbons (Fsp3) is 0.471. The van der Waals surface area contributed by atoms with Crippen LogP contribution in [0, 0.1) is 0 Å². The van der Waals surface area contributed by atoms with Crippen LogP contribution in [-0.2, 0) is 0 Å². The third-order valence-electron chi connectivity index (χ3n) is 5.00. The van der Waals surface area contributed by atoms with Crippen LogP contribution in [0.25, 0.3) is 5.69 Å². The molecule has 0 spiro atoms. The molecule has 2 atom stereocenters. The van der Waals surface area contributed by atoms with Gasteiger partial charge in [0.05, 0.1) is 16.9 Å². The Morgan fingerprint density at radius 3 is 2.96 bits per heavy atom. The highest BCUT2D eigenvalue weighted by atomic mass is 35.5. The minimum atomic E-state index is -0.161. The Morgan fingerprint density at radius 2 is 2.08 bits per heavy atom. The number of halogens is 1. The van der Waals surface area contributed by atoms with Gasteiger partial charge in [-0.15, -0.1) is 5.10 Å². The molecular formula is C17H20ClN5O. The lowest BCUT2D eigenvalue weighted by atomic mass is 9.99. The number of hydrogen-bond acceptors (Lipinski definition) is 4. The Hall–Kier alpha value is -1.92. The highest BCUT2D eigenvalue weighted by molar-refractivity contribution is 6.32. The summed E-state index contributed by atoms with van der Waals surface area (Å²) in [6, 6.07) is 8.04. The number of benzene rings is 1. The summed E-state index contributed by atoms with van der Waals surface area (Å²) < 4.78 is 1.54. The van der Waals surface area contributed by atoms with Crippen molar-refractivity contribution in [3.8, 4) is 5.69 Å². The highest BCUT2D eigenvalue weighted by Crippen LogP contribution is 2.27. The van der Waals surface area contributed by atoms with E-state index in [2.05, 4.69) is 20.5 Å². The van der Waals surface area contributed by atoms with Crippen molar-refractivity contribution >= 4 is 17.5 Å². The molecule has 2 aliphatic rings. The number of aromatic nitrogens is 3. The van der Waals surface area contributed by atoms with Crippen molar-refractivity contribution in [1.82, 2.24) is 25.2 Å². The van der Waals surface area contributed by atoms with Crippen molar-refractivity contribution in [3.05, 3.63) is 41.2 Å². The molecule has 7 heteroatoms. The predicted octanol–water partition coefficient (Wildman–Crippen LogP) is 2.28. The maximum absolute atomic E-state index is 12.5. The van der Waals surface area contributed by atoms with Gasteiger partial charge in [0.2, 0.25) is 0 Å². The maximum atomic E-state index is 12.5. The third-order valence-corrected chi connectivity index (χ3v) is 5.32. The summed E-state index contributed by atoms with van der Waals surface area (Å²) in [5.74, 6) is -0.161. The number of fused-ring (bicyclic) bond motifs is 1. The van der Waals surface area contributed by atoms with Crippen LogP contribution in [0.15, 0.2) is 30.5 Å². The van der Waals surface area contributed by atoms with E-state index in [0.29, 0.717) is 22.4 Å². The lowest BCUT2D eigenvalue weighted by Crippen LogP contribution is -2.46. The first-order valence-corrected chi connectivity index (χ1v) is 8.82. The SMILES string of the molecule is O=C(N[C@@H]1CCN2CCCC[C@H]12)c1cn(-c2ccccc2Cl)nn1. The largest absolute Gasteiger partial charge is 0.346 e. The molecule has 6 nitrogen and oxygen atoms in total. The van der Waals surface area contributed by atoms with Crippen molar-refractivity contribution in [3.63, 3.8) is 0 Å². The van der Waals surface area contributed by atoms with Gasteiger partial charge in [0, 0.05) is 18.6 Å². The number of amides is 1. The molecule has 3 heterocycles. The van der Waals surface area contributed by atoms with Gasteiger partial charge in [-0.05, 0) is 37.9 Å². The van der Waals surface area contributed by atoms with E-state index in [1.165, 1.54) is 12.8 Å². The fourth-order valence-corrected chi connectivity index (χ4v) is 4.00. The summed E-state index contributed by atoms with van der Waals surface area (Å²) in [4.78, 5) is 15.0. The molecule has 0 bridgehead atoms. The van der Waals surface area contributed by atoms with Gasteiger partial charge in [0.1, 0.15) is 0 Å². The first-order valence-electron chi connectivity index (χ1n) is 8.44. The zero-order chi connectivity index (χ0) is 16.5. The second kappa shape index (κ2) is 6.53. The van der Waals surface area contributed by atoms with Crippen LogP contribution in [-0.4, -0.2) is 51.0 Å². The average molecular weight is 346 g/mol. The van der Waals surface area contributed by atoms with Gasteiger partial charge in [-0.25, -0.2) is 4.68 Å². The van der Waals surface area contributed by atoms with Crippen molar-refractivity contribution in [2.24, 2.45) is 0 Å². The van der Waals surface area contributed by atoms with E-state index in [1.807, 2.05) is 18.2 Å². The summed E-state index contributed by atoms with van der Waals surface area (Å²) >= 11 is 6.17. The Labute approximate surface area is 145 Å². The Morgan fingerprint density at radius 1 is 1.21 bits per heavy atom. The zero-order valence-electron chi connectivity index (χ0n) is 13.4. The van der Waals surface area contributed by atoms with Gasteiger partial charge < -0.3 is 5.32 Å². The van der Waals surface area contributed by atoms with Crippen molar-refractivity contribution in [2.45, 2.75) is 37.8 Å². The monoisotopic (exact) mass is 345 g/mol. The number of carbonyl (C=O) groups excluding carboxylic acids is 1. The van der Waals surface area contributed by atoms with Gasteiger partial charge in [-0.2, -0.15) is 0 Å². The number of rotatable bonds is 3. The molecule has 1 aromatic heterocycles. The Balaban J connectivity index is 1.47. The van der Waals surface area contributed by atoms with Crippen LogP contribution in [0.1, 0.15) is 36.2 Å². The third kappa shape index (κ3) is 2.91. The molecule has 2 fully saturated rings. The molecule has 24 heavy (non-hydrogen) atoms. The highest BCUT2D eigenvalue weighted by Gasteiger charge is 2.36. The van der Waals surface area contributed by atoms with Crippen molar-refractivity contribution in [1.29, 1.82) is 0 Å². The number of nitrogens with one attached hydrogen (secondary N) is 1. The molecule has 2 aromatic rings. The van der Waals surface area contributed by atoms with E-state index in [1.54, 1.807) is 16.9 Å². The second-order valence-corrected chi connectivity index (χ2v) is 6.87. The molecule has 4 rings (SSSR count). The summed E-state index contributed by atoms with van der Waals surface area (Å²) in [6.45, 7) is 2.22.